The highest BCUT2D eigenvalue weighted by atomic mass is 32.1. The Bertz CT molecular complexity index is 1170. The molecule has 0 fully saturated rings. The van der Waals surface area contributed by atoms with Gasteiger partial charge in [0.05, 0.1) is 12.5 Å². The highest BCUT2D eigenvalue weighted by Gasteiger charge is 2.22. The van der Waals surface area contributed by atoms with Gasteiger partial charge in [0.15, 0.2) is 0 Å². The number of thiophene rings is 1. The van der Waals surface area contributed by atoms with Gasteiger partial charge in [-0.25, -0.2) is 9.59 Å². The summed E-state index contributed by atoms with van der Waals surface area (Å²) in [7, 11) is 0. The van der Waals surface area contributed by atoms with Gasteiger partial charge in [-0.3, -0.25) is 5.21 Å². The molecule has 0 saturated heterocycles. The van der Waals surface area contributed by atoms with Crippen LogP contribution in [0.2, 0.25) is 0 Å². The number of benzene rings is 1. The molecule has 2 N–H and O–H groups in total. The smallest absolute Gasteiger partial charge is 0.339 e. The second-order valence-corrected chi connectivity index (χ2v) is 10.2. The zero-order valence-corrected chi connectivity index (χ0v) is 24.4. The van der Waals surface area contributed by atoms with Crippen molar-refractivity contribution in [2.45, 2.75) is 71.3 Å². The number of amides is 2. The number of hydrogen-bond acceptors (Lipinski definition) is 5. The van der Waals surface area contributed by atoms with E-state index in [-0.39, 0.29) is 6.42 Å². The number of fused-ring (bicyclic) bond motifs is 1. The van der Waals surface area contributed by atoms with Crippen LogP contribution in [-0.2, 0) is 9.63 Å². The first kappa shape index (κ1) is 32.5. The summed E-state index contributed by atoms with van der Waals surface area (Å²) in [6, 6.07) is 8.28. The van der Waals surface area contributed by atoms with E-state index in [0.29, 0.717) is 11.5 Å². The van der Waals surface area contributed by atoms with Crippen LogP contribution in [0, 0.1) is 0 Å². The molecule has 0 radical (unpaired) electrons. The summed E-state index contributed by atoms with van der Waals surface area (Å²) in [5.41, 5.74) is 2.02. The van der Waals surface area contributed by atoms with Crippen LogP contribution >= 0.6 is 11.3 Å². The minimum atomic E-state index is -0.896. The summed E-state index contributed by atoms with van der Waals surface area (Å²) in [6.07, 6.45) is 31.8. The Morgan fingerprint density at radius 3 is 1.95 bits per heavy atom. The van der Waals surface area contributed by atoms with E-state index in [1.165, 1.54) is 11.3 Å². The molecule has 2 aromatic rings. The molecule has 2 rings (SSSR count). The van der Waals surface area contributed by atoms with Crippen molar-refractivity contribution in [3.8, 4) is 0 Å². The molecular formula is C33H42N2O4S. The average molecular weight is 563 g/mol. The van der Waals surface area contributed by atoms with Crippen LogP contribution in [0.5, 0.6) is 0 Å². The van der Waals surface area contributed by atoms with Crippen LogP contribution in [0.15, 0.2) is 103 Å². The molecule has 1 atom stereocenters. The van der Waals surface area contributed by atoms with Gasteiger partial charge in [-0.15, -0.1) is 11.3 Å². The van der Waals surface area contributed by atoms with E-state index >= 15 is 0 Å². The quantitative estimate of drug-likeness (QED) is 0.121. The molecule has 0 spiro atoms. The normalized spacial score (nSPS) is 13.2. The lowest BCUT2D eigenvalue weighted by Gasteiger charge is -2.21. The summed E-state index contributed by atoms with van der Waals surface area (Å²) in [5.74, 6) is -0.573. The molecule has 0 bridgehead atoms. The molecule has 40 heavy (non-hydrogen) atoms. The Kier molecular flexibility index (Phi) is 16.5. The van der Waals surface area contributed by atoms with Crippen molar-refractivity contribution in [1.29, 1.82) is 0 Å². The number of nitrogens with one attached hydrogen (secondary N) is 1. The van der Waals surface area contributed by atoms with Crippen molar-refractivity contribution in [3.63, 3.8) is 0 Å². The molecule has 1 aromatic heterocycles. The molecule has 0 aliphatic heterocycles. The lowest BCUT2D eigenvalue weighted by molar-refractivity contribution is -0.152. The van der Waals surface area contributed by atoms with Gasteiger partial charge in [0.2, 0.25) is 0 Å². The molecule has 214 valence electrons. The topological polar surface area (TPSA) is 78.9 Å². The molecule has 6 nitrogen and oxygen atoms in total. The van der Waals surface area contributed by atoms with Gasteiger partial charge in [0.25, 0.3) is 0 Å². The number of carbonyl (C=O) groups is 2. The SMILES string of the molecule is CC/C=C\C/C=C\C/C=C/C/C=C\C/C=C\C/C=C\CCC(=O)ONC(=O)N(O)C(C)c1cc2ccccc2s1. The molecule has 0 aliphatic carbocycles. The lowest BCUT2D eigenvalue weighted by atomic mass is 10.2. The molecule has 1 aromatic carbocycles. The van der Waals surface area contributed by atoms with Gasteiger partial charge in [0, 0.05) is 9.58 Å². The first-order valence-electron chi connectivity index (χ1n) is 13.9. The van der Waals surface area contributed by atoms with E-state index in [1.54, 1.807) is 6.92 Å². The Labute approximate surface area is 242 Å². The Morgan fingerprint density at radius 1 is 0.875 bits per heavy atom. The van der Waals surface area contributed by atoms with E-state index in [1.807, 2.05) is 48.0 Å². The van der Waals surface area contributed by atoms with Crippen molar-refractivity contribution < 1.29 is 19.6 Å². The number of hydroxylamine groups is 3. The van der Waals surface area contributed by atoms with Crippen molar-refractivity contribution in [2.24, 2.45) is 0 Å². The van der Waals surface area contributed by atoms with Crippen LogP contribution < -0.4 is 5.48 Å². The predicted octanol–water partition coefficient (Wildman–Crippen LogP) is 9.30. The van der Waals surface area contributed by atoms with Crippen molar-refractivity contribution in [2.75, 3.05) is 0 Å². The number of allylic oxidation sites excluding steroid dienone is 12. The van der Waals surface area contributed by atoms with E-state index in [4.69, 9.17) is 4.84 Å². The van der Waals surface area contributed by atoms with Crippen molar-refractivity contribution in [1.82, 2.24) is 10.5 Å². The zero-order valence-electron chi connectivity index (χ0n) is 23.6. The first-order valence-corrected chi connectivity index (χ1v) is 14.7. The minimum Gasteiger partial charge on any atom is -0.339 e. The fraction of sp³-hybridized carbons (Fsp3) is 0.333. The van der Waals surface area contributed by atoms with Crippen LogP contribution in [0.4, 0.5) is 4.79 Å². The summed E-state index contributed by atoms with van der Waals surface area (Å²) in [5, 5.41) is 11.8. The summed E-state index contributed by atoms with van der Waals surface area (Å²) >= 11 is 1.49. The minimum absolute atomic E-state index is 0.125. The molecule has 0 saturated carbocycles. The molecule has 1 heterocycles. The fourth-order valence-corrected chi connectivity index (χ4v) is 4.65. The molecular weight excluding hydrogens is 520 g/mol. The Hall–Kier alpha value is -3.68. The molecule has 0 aliphatic rings. The summed E-state index contributed by atoms with van der Waals surface area (Å²) in [4.78, 5) is 29.7. The van der Waals surface area contributed by atoms with Gasteiger partial charge >= 0.3 is 12.0 Å². The predicted molar refractivity (Wildman–Crippen MR) is 166 cm³/mol. The second-order valence-electron chi connectivity index (χ2n) is 9.04. The van der Waals surface area contributed by atoms with Crippen LogP contribution in [-0.4, -0.2) is 22.3 Å². The maximum atomic E-state index is 12.2. The van der Waals surface area contributed by atoms with Gasteiger partial charge < -0.3 is 4.84 Å². The van der Waals surface area contributed by atoms with E-state index in [9.17, 15) is 14.8 Å². The fourth-order valence-electron chi connectivity index (χ4n) is 3.54. The van der Waals surface area contributed by atoms with E-state index in [2.05, 4.69) is 67.7 Å². The summed E-state index contributed by atoms with van der Waals surface area (Å²) < 4.78 is 1.07. The average Bonchev–Trinajstić information content (AvgIpc) is 3.40. The third-order valence-corrected chi connectivity index (χ3v) is 7.08. The highest BCUT2D eigenvalue weighted by Crippen LogP contribution is 2.31. The number of urea groups is 1. The lowest BCUT2D eigenvalue weighted by Crippen LogP contribution is -2.40. The van der Waals surface area contributed by atoms with Gasteiger partial charge in [0.1, 0.15) is 0 Å². The van der Waals surface area contributed by atoms with E-state index in [0.717, 1.165) is 53.5 Å². The van der Waals surface area contributed by atoms with Gasteiger partial charge in [-0.1, -0.05) is 98.0 Å². The van der Waals surface area contributed by atoms with Crippen LogP contribution in [0.3, 0.4) is 0 Å². The number of nitrogens with zero attached hydrogens (tertiary/aromatic N) is 1. The zero-order chi connectivity index (χ0) is 28.8. The molecule has 1 unspecified atom stereocenters. The van der Waals surface area contributed by atoms with Gasteiger partial charge in [-0.05, 0) is 69.4 Å². The Morgan fingerprint density at radius 2 is 1.40 bits per heavy atom. The van der Waals surface area contributed by atoms with Gasteiger partial charge in [-0.2, -0.15) is 10.5 Å². The van der Waals surface area contributed by atoms with E-state index < -0.39 is 18.0 Å². The first-order chi connectivity index (χ1) is 19.5. The number of hydrogen-bond donors (Lipinski definition) is 2. The molecule has 7 heteroatoms. The largest absolute Gasteiger partial charge is 0.374 e. The third kappa shape index (κ3) is 13.4. The van der Waals surface area contributed by atoms with Crippen molar-refractivity contribution in [3.05, 3.63) is 108 Å². The maximum absolute atomic E-state index is 12.2. The second kappa shape index (κ2) is 20.3. The highest BCUT2D eigenvalue weighted by molar-refractivity contribution is 7.19. The number of rotatable bonds is 16. The number of carbonyl (C=O) groups excluding carboxylic acids is 2. The van der Waals surface area contributed by atoms with Crippen molar-refractivity contribution >= 4 is 33.4 Å². The third-order valence-electron chi connectivity index (χ3n) is 5.80. The van der Waals surface area contributed by atoms with Crippen LogP contribution in [0.1, 0.15) is 76.1 Å². The monoisotopic (exact) mass is 562 g/mol. The standard InChI is InChI=1S/C33H42N2O4S/c1-3-4-5-6-7-8-9-10-11-12-13-14-15-16-17-18-19-20-21-26-32(36)39-34-33(37)35(38)28(2)31-27-29-24-22-23-25-30(29)40-31/h4-5,7-8,10-11,13-14,16-17,19-20,22-25,27-28,38H,3,6,9,12,15,18,21,26H2,1-2H3,(H,34,37)/b5-4-,8-7-,11-10+,14-13-,17-16-,20-19-. The Balaban J connectivity index is 1.51. The summed E-state index contributed by atoms with van der Waals surface area (Å²) in [6.45, 7) is 3.84. The molecule has 2 amide bonds. The maximum Gasteiger partial charge on any atom is 0.374 e. The van der Waals surface area contributed by atoms with Crippen LogP contribution in [0.25, 0.3) is 10.1 Å².